The number of benzene rings is 1. The molecule has 0 aromatic heterocycles. The minimum absolute atomic E-state index is 0.0334. The molecule has 1 rings (SSSR count). The zero-order chi connectivity index (χ0) is 35.9. The van der Waals surface area contributed by atoms with Gasteiger partial charge in [-0.15, -0.1) is 0 Å². The van der Waals surface area contributed by atoms with Gasteiger partial charge in [0.1, 0.15) is 11.9 Å². The van der Waals surface area contributed by atoms with Crippen LogP contribution in [0.2, 0.25) is 0 Å². The molecule has 0 aliphatic rings. The first-order valence-electron chi connectivity index (χ1n) is 16.1. The molecular formula is C32H48FN5O10. The van der Waals surface area contributed by atoms with E-state index in [1.54, 1.807) is 0 Å². The number of nitrogens with two attached hydrogens (primary N) is 1. The zero-order valence-electron chi connectivity index (χ0n) is 27.0. The highest BCUT2D eigenvalue weighted by molar-refractivity contribution is 5.93. The molecule has 9 N–H and O–H groups in total. The van der Waals surface area contributed by atoms with E-state index in [2.05, 4.69) is 21.3 Å². The van der Waals surface area contributed by atoms with Crippen LogP contribution in [0.4, 0.5) is 9.18 Å². The average Bonchev–Trinajstić information content (AvgIpc) is 3.02. The number of unbranched alkanes of at least 4 members (excludes halogenated alkanes) is 3. The summed E-state index contributed by atoms with van der Waals surface area (Å²) < 4.78 is 13.5. The second-order valence-electron chi connectivity index (χ2n) is 11.4. The first kappa shape index (κ1) is 41.4. The van der Waals surface area contributed by atoms with Crippen molar-refractivity contribution in [3.05, 3.63) is 35.6 Å². The first-order valence-corrected chi connectivity index (χ1v) is 16.1. The molecule has 0 aliphatic carbocycles. The Morgan fingerprint density at radius 3 is 2.00 bits per heavy atom. The largest absolute Gasteiger partial charge is 0.481 e. The molecule has 268 valence electrons. The summed E-state index contributed by atoms with van der Waals surface area (Å²) in [5.41, 5.74) is 6.07. The highest BCUT2D eigenvalue weighted by atomic mass is 19.1. The number of aliphatic carboxylic acids is 3. The van der Waals surface area contributed by atoms with Crippen LogP contribution in [0.25, 0.3) is 0 Å². The zero-order valence-corrected chi connectivity index (χ0v) is 27.0. The van der Waals surface area contributed by atoms with Crippen molar-refractivity contribution in [2.75, 3.05) is 19.6 Å². The van der Waals surface area contributed by atoms with Crippen molar-refractivity contribution in [1.29, 1.82) is 0 Å². The molecule has 15 nitrogen and oxygen atoms in total. The van der Waals surface area contributed by atoms with Crippen molar-refractivity contribution in [1.82, 2.24) is 21.3 Å². The summed E-state index contributed by atoms with van der Waals surface area (Å²) in [6.07, 6.45) is 2.02. The number of hydrogen-bond acceptors (Lipinski definition) is 8. The lowest BCUT2D eigenvalue weighted by atomic mass is 9.91. The van der Waals surface area contributed by atoms with Crippen LogP contribution in [0.5, 0.6) is 0 Å². The fourth-order valence-corrected chi connectivity index (χ4v) is 4.72. The van der Waals surface area contributed by atoms with E-state index in [1.165, 1.54) is 24.3 Å². The number of carboxylic acid groups (broad SMARTS) is 3. The number of urea groups is 1. The number of carboxylic acids is 3. The van der Waals surface area contributed by atoms with Gasteiger partial charge < -0.3 is 42.3 Å². The second kappa shape index (κ2) is 23.7. The molecule has 0 radical (unpaired) electrons. The second-order valence-corrected chi connectivity index (χ2v) is 11.4. The van der Waals surface area contributed by atoms with E-state index in [9.17, 15) is 48.2 Å². The first-order chi connectivity index (χ1) is 22.8. The van der Waals surface area contributed by atoms with Crippen molar-refractivity contribution in [3.8, 4) is 0 Å². The van der Waals surface area contributed by atoms with Crippen LogP contribution < -0.4 is 27.0 Å². The van der Waals surface area contributed by atoms with Gasteiger partial charge in [0.05, 0.1) is 6.04 Å². The summed E-state index contributed by atoms with van der Waals surface area (Å²) in [6.45, 7) is 0.629. The van der Waals surface area contributed by atoms with E-state index in [-0.39, 0.29) is 76.8 Å². The van der Waals surface area contributed by atoms with Gasteiger partial charge in [-0.05, 0) is 75.6 Å². The number of carbonyl (C=O) groups is 7. The van der Waals surface area contributed by atoms with Gasteiger partial charge in [0.2, 0.25) is 11.8 Å². The number of ketones is 1. The fourth-order valence-electron chi connectivity index (χ4n) is 4.72. The van der Waals surface area contributed by atoms with Gasteiger partial charge >= 0.3 is 23.9 Å². The molecular weight excluding hydrogens is 633 g/mol. The summed E-state index contributed by atoms with van der Waals surface area (Å²) >= 11 is 0. The topological polar surface area (TPSA) is 254 Å². The van der Waals surface area contributed by atoms with Crippen LogP contribution in [0.15, 0.2) is 24.3 Å². The molecule has 0 aliphatic heterocycles. The third-order valence-corrected chi connectivity index (χ3v) is 7.39. The monoisotopic (exact) mass is 681 g/mol. The van der Waals surface area contributed by atoms with Gasteiger partial charge in [-0.25, -0.2) is 14.0 Å². The van der Waals surface area contributed by atoms with Gasteiger partial charge in [0.25, 0.3) is 0 Å². The Morgan fingerprint density at radius 1 is 0.708 bits per heavy atom. The Bertz CT molecular complexity index is 1210. The minimum Gasteiger partial charge on any atom is -0.481 e. The van der Waals surface area contributed by atoms with Gasteiger partial charge in [0, 0.05) is 44.7 Å². The van der Waals surface area contributed by atoms with Crippen molar-refractivity contribution in [3.63, 3.8) is 0 Å². The Labute approximate surface area is 278 Å². The maximum atomic E-state index is 13.5. The van der Waals surface area contributed by atoms with Crippen molar-refractivity contribution >= 4 is 41.5 Å². The van der Waals surface area contributed by atoms with Crippen LogP contribution in [0.1, 0.15) is 82.6 Å². The Balaban J connectivity index is 2.77. The number of Topliss-reactive ketones (excluding diaryl/α,β-unsaturated/α-hetero) is 1. The molecule has 48 heavy (non-hydrogen) atoms. The van der Waals surface area contributed by atoms with Crippen LogP contribution in [0.3, 0.4) is 0 Å². The SMILES string of the molecule is NCCCCCC(=O)N[C@@H](Cc1ccc(F)cc1)C(=O)C[C@@H](CCC(=O)O)C(=O)NCCCC[C@H](NC(=O)NCCCC(=O)O)C(=O)O. The molecule has 3 atom stereocenters. The maximum Gasteiger partial charge on any atom is 0.326 e. The molecule has 0 saturated carbocycles. The number of hydrogen-bond donors (Lipinski definition) is 8. The Kier molecular flexibility index (Phi) is 20.4. The van der Waals surface area contributed by atoms with Crippen molar-refractivity contribution < 1.29 is 53.3 Å². The standard InChI is InChI=1S/C32H48FN5O10/c33-23-13-10-21(11-14-23)19-25(37-27(40)8-2-1-4-16-34)26(39)20-22(12-15-29(43)44)30(45)35-17-5-3-7-24(31(46)47)38-32(48)36-18-6-9-28(41)42/h10-11,13-14,22,24-25H,1-9,12,15-20,34H2,(H,35,45)(H,37,40)(H,41,42)(H,43,44)(H,46,47)(H2,36,38,48)/t22-,24+,25+/m1/s1. The highest BCUT2D eigenvalue weighted by Crippen LogP contribution is 2.17. The normalized spacial score (nSPS) is 12.6. The summed E-state index contributed by atoms with van der Waals surface area (Å²) in [4.78, 5) is 84.5. The molecule has 0 spiro atoms. The molecule has 0 saturated heterocycles. The number of rotatable bonds is 26. The molecule has 1 aromatic rings. The lowest BCUT2D eigenvalue weighted by Crippen LogP contribution is -2.46. The maximum absolute atomic E-state index is 13.5. The summed E-state index contributed by atoms with van der Waals surface area (Å²) in [6, 6.07) is 2.40. The molecule has 0 bridgehead atoms. The van der Waals surface area contributed by atoms with E-state index in [0.717, 1.165) is 12.8 Å². The summed E-state index contributed by atoms with van der Waals surface area (Å²) in [7, 11) is 0. The van der Waals surface area contributed by atoms with Crippen molar-refractivity contribution in [2.24, 2.45) is 11.7 Å². The molecule has 0 heterocycles. The van der Waals surface area contributed by atoms with Gasteiger partial charge in [-0.1, -0.05) is 18.6 Å². The van der Waals surface area contributed by atoms with Crippen LogP contribution >= 0.6 is 0 Å². The Hall–Kier alpha value is -4.60. The molecule has 0 fully saturated rings. The molecule has 4 amide bonds. The molecule has 1 aromatic carbocycles. The third kappa shape index (κ3) is 19.2. The van der Waals surface area contributed by atoms with Crippen LogP contribution in [-0.2, 0) is 35.2 Å². The minimum atomic E-state index is -1.27. The van der Waals surface area contributed by atoms with E-state index in [0.29, 0.717) is 24.9 Å². The average molecular weight is 682 g/mol. The van der Waals surface area contributed by atoms with Crippen LogP contribution in [-0.4, -0.2) is 88.6 Å². The quantitative estimate of drug-likeness (QED) is 0.0653. The fraction of sp³-hybridized carbons (Fsp3) is 0.594. The third-order valence-electron chi connectivity index (χ3n) is 7.39. The predicted octanol–water partition coefficient (Wildman–Crippen LogP) is 1.72. The number of carbonyl (C=O) groups excluding carboxylic acids is 4. The van der Waals surface area contributed by atoms with E-state index in [1.807, 2.05) is 0 Å². The number of halogens is 1. The van der Waals surface area contributed by atoms with Gasteiger partial charge in [-0.2, -0.15) is 0 Å². The predicted molar refractivity (Wildman–Crippen MR) is 171 cm³/mol. The highest BCUT2D eigenvalue weighted by Gasteiger charge is 2.28. The Morgan fingerprint density at radius 2 is 1.38 bits per heavy atom. The number of nitrogens with one attached hydrogen (secondary N) is 4. The van der Waals surface area contributed by atoms with E-state index >= 15 is 0 Å². The van der Waals surface area contributed by atoms with E-state index in [4.69, 9.17) is 10.8 Å². The van der Waals surface area contributed by atoms with Gasteiger partial charge in [0.15, 0.2) is 5.78 Å². The summed E-state index contributed by atoms with van der Waals surface area (Å²) in [5.74, 6) is -6.39. The molecule has 0 unspecified atom stereocenters. The lowest BCUT2D eigenvalue weighted by molar-refractivity contribution is -0.140. The van der Waals surface area contributed by atoms with Gasteiger partial charge in [-0.3, -0.25) is 24.0 Å². The number of amides is 4. The lowest BCUT2D eigenvalue weighted by Gasteiger charge is -2.22. The summed E-state index contributed by atoms with van der Waals surface area (Å²) in [5, 5.41) is 37.3. The molecule has 16 heteroatoms. The van der Waals surface area contributed by atoms with Crippen LogP contribution in [0, 0.1) is 11.7 Å². The van der Waals surface area contributed by atoms with E-state index < -0.39 is 59.4 Å². The smallest absolute Gasteiger partial charge is 0.326 e. The van der Waals surface area contributed by atoms with Crippen molar-refractivity contribution in [2.45, 2.75) is 95.6 Å².